The van der Waals surface area contributed by atoms with E-state index in [1.165, 1.54) is 32.2 Å². The molecule has 0 fully saturated rings. The van der Waals surface area contributed by atoms with Gasteiger partial charge in [0.1, 0.15) is 17.7 Å². The van der Waals surface area contributed by atoms with E-state index in [2.05, 4.69) is 31.2 Å². The maximum Gasteiger partial charge on any atom is 0.292 e. The van der Waals surface area contributed by atoms with Gasteiger partial charge in [0.25, 0.3) is 23.6 Å². The molecule has 4 heterocycles. The zero-order valence-corrected chi connectivity index (χ0v) is 23.9. The van der Waals surface area contributed by atoms with Gasteiger partial charge in [-0.25, -0.2) is 9.97 Å². The molecular weight excluding hydrogens is 560 g/mol. The maximum atomic E-state index is 13.0. The molecule has 43 heavy (non-hydrogen) atoms. The lowest BCUT2D eigenvalue weighted by Gasteiger charge is -2.06. The zero-order chi connectivity index (χ0) is 31.4. The predicted octanol–water partition coefficient (Wildman–Crippen LogP) is -0.184. The lowest BCUT2D eigenvalue weighted by atomic mass is 10.2. The van der Waals surface area contributed by atoms with Crippen LogP contribution in [-0.4, -0.2) is 70.7 Å². The Bertz CT molecular complexity index is 1710. The van der Waals surface area contributed by atoms with Crippen LogP contribution >= 0.6 is 0 Å². The Labute approximate surface area is 245 Å². The van der Waals surface area contributed by atoms with Gasteiger partial charge in [0.2, 0.25) is 11.6 Å². The molecule has 0 saturated carbocycles. The van der Waals surface area contributed by atoms with E-state index in [1.54, 1.807) is 51.2 Å². The fourth-order valence-electron chi connectivity index (χ4n) is 4.20. The van der Waals surface area contributed by atoms with E-state index < -0.39 is 29.7 Å². The quantitative estimate of drug-likeness (QED) is 0.127. The van der Waals surface area contributed by atoms with Crippen molar-refractivity contribution in [2.24, 2.45) is 33.9 Å². The van der Waals surface area contributed by atoms with E-state index in [0.717, 1.165) is 0 Å². The van der Waals surface area contributed by atoms with Gasteiger partial charge in [-0.1, -0.05) is 0 Å². The van der Waals surface area contributed by atoms with Crippen molar-refractivity contribution >= 4 is 52.9 Å². The number of nitrogens with one attached hydrogen (secondary N) is 4. The topological polar surface area (TPSA) is 231 Å². The molecule has 1 atom stereocenters. The molecule has 4 rings (SSSR count). The van der Waals surface area contributed by atoms with Gasteiger partial charge in [-0.2, -0.15) is 0 Å². The van der Waals surface area contributed by atoms with Crippen LogP contribution in [-0.2, 0) is 33.0 Å². The van der Waals surface area contributed by atoms with Gasteiger partial charge in [0, 0.05) is 59.5 Å². The molecule has 4 aromatic rings. The molecule has 0 aromatic carbocycles. The minimum absolute atomic E-state index is 0.0310. The Hall–Kier alpha value is -5.71. The molecular formula is C26H32N12O5. The van der Waals surface area contributed by atoms with E-state index in [-0.39, 0.29) is 41.9 Å². The number of hydrogen-bond donors (Lipinski definition) is 6. The number of carbonyl (C=O) groups is 5. The summed E-state index contributed by atoms with van der Waals surface area (Å²) in [7, 11) is 6.50. The van der Waals surface area contributed by atoms with Gasteiger partial charge >= 0.3 is 0 Å². The minimum Gasteiger partial charge on any atom is -0.397 e. The first-order valence-electron chi connectivity index (χ1n) is 12.9. The molecule has 4 aromatic heterocycles. The van der Waals surface area contributed by atoms with E-state index >= 15 is 0 Å². The molecule has 0 saturated heterocycles. The minimum atomic E-state index is -0.679. The molecule has 226 valence electrons. The fraction of sp³-hybridized carbons (Fsp3) is 0.269. The second-order valence-corrected chi connectivity index (χ2v) is 9.82. The van der Waals surface area contributed by atoms with Gasteiger partial charge in [0.15, 0.2) is 11.6 Å². The van der Waals surface area contributed by atoms with E-state index in [4.69, 9.17) is 11.5 Å². The summed E-state index contributed by atoms with van der Waals surface area (Å²) in [6, 6.07) is 2.37. The Morgan fingerprint density at radius 1 is 0.767 bits per heavy atom. The molecule has 17 nitrogen and oxygen atoms in total. The predicted molar refractivity (Wildman–Crippen MR) is 157 cm³/mol. The lowest BCUT2D eigenvalue weighted by molar-refractivity contribution is -0.109. The Morgan fingerprint density at radius 2 is 1.30 bits per heavy atom. The molecule has 0 bridgehead atoms. The Morgan fingerprint density at radius 3 is 1.88 bits per heavy atom. The second kappa shape index (κ2) is 12.4. The molecule has 0 aliphatic heterocycles. The molecule has 0 spiro atoms. The first-order valence-corrected chi connectivity index (χ1v) is 12.9. The number of nitrogens with two attached hydrogens (primary N) is 2. The average Bonchev–Trinajstić information content (AvgIpc) is 3.69. The summed E-state index contributed by atoms with van der Waals surface area (Å²) < 4.78 is 5.97. The van der Waals surface area contributed by atoms with Gasteiger partial charge in [-0.15, -0.1) is 0 Å². The molecule has 17 heteroatoms. The zero-order valence-electron chi connectivity index (χ0n) is 23.9. The van der Waals surface area contributed by atoms with E-state index in [1.807, 2.05) is 0 Å². The van der Waals surface area contributed by atoms with Crippen molar-refractivity contribution in [3.8, 4) is 0 Å². The molecule has 4 amide bonds. The maximum absolute atomic E-state index is 13.0. The summed E-state index contributed by atoms with van der Waals surface area (Å²) in [6.07, 6.45) is 6.97. The number of nitrogens with zero attached hydrogens (tertiary/aromatic N) is 6. The van der Waals surface area contributed by atoms with Crippen LogP contribution in [0.3, 0.4) is 0 Å². The van der Waals surface area contributed by atoms with Gasteiger partial charge < -0.3 is 55.8 Å². The van der Waals surface area contributed by atoms with Crippen LogP contribution in [0.4, 0.5) is 23.0 Å². The molecule has 0 radical (unpaired) electrons. The van der Waals surface area contributed by atoms with Crippen LogP contribution < -0.4 is 32.7 Å². The molecule has 0 aliphatic rings. The summed E-state index contributed by atoms with van der Waals surface area (Å²) in [5.41, 5.74) is 12.7. The average molecular weight is 593 g/mol. The summed E-state index contributed by atoms with van der Waals surface area (Å²) in [5.74, 6) is -1.83. The number of aldehydes is 1. The number of rotatable bonds is 11. The summed E-state index contributed by atoms with van der Waals surface area (Å²) >= 11 is 0. The first-order chi connectivity index (χ1) is 20.4. The lowest BCUT2D eigenvalue weighted by Crippen LogP contribution is -2.32. The highest BCUT2D eigenvalue weighted by Gasteiger charge is 2.21. The third-order valence-corrected chi connectivity index (χ3v) is 6.33. The van der Waals surface area contributed by atoms with Crippen LogP contribution in [0.25, 0.3) is 0 Å². The number of anilines is 4. The van der Waals surface area contributed by atoms with Crippen molar-refractivity contribution in [1.29, 1.82) is 0 Å². The Balaban J connectivity index is 1.38. The highest BCUT2D eigenvalue weighted by Crippen LogP contribution is 2.18. The standard InChI is InChI=1S/C26H32N12O5/c1-35-9-15(28)7-17(35)23(40)30-16-8-18(36(2)10-16)24(41)33-19-11-38(4)22(32-19)26(43)34-20-12-37(3)21(31-20)25(42)29-6-5-14(27)13-39/h7-14H,5-6,27-28H2,1-4H3,(H,29,42)(H,30,40)(H,33,41)(H,34,43)/t14-/m0/s1. The van der Waals surface area contributed by atoms with Crippen LogP contribution in [0.1, 0.15) is 48.6 Å². The van der Waals surface area contributed by atoms with E-state index in [0.29, 0.717) is 23.4 Å². The first kappa shape index (κ1) is 30.3. The molecule has 8 N–H and O–H groups in total. The highest BCUT2D eigenvalue weighted by molar-refractivity contribution is 6.07. The SMILES string of the molecule is Cn1cc(N)cc1C(=O)Nc1cc(C(=O)Nc2cn(C)c(C(=O)Nc3cn(C)c(C(=O)NCC[C@H](N)C=O)n3)n2)n(C)c1. The van der Waals surface area contributed by atoms with E-state index in [9.17, 15) is 24.0 Å². The third kappa shape index (κ3) is 6.96. The van der Waals surface area contributed by atoms with Crippen molar-refractivity contribution in [3.63, 3.8) is 0 Å². The second-order valence-electron chi connectivity index (χ2n) is 9.82. The summed E-state index contributed by atoms with van der Waals surface area (Å²) in [5, 5.41) is 10.6. The smallest absolute Gasteiger partial charge is 0.292 e. The Kier molecular flexibility index (Phi) is 8.75. The number of aryl methyl sites for hydroxylation is 4. The van der Waals surface area contributed by atoms with Crippen molar-refractivity contribution in [2.45, 2.75) is 12.5 Å². The molecule has 0 aliphatic carbocycles. The largest absolute Gasteiger partial charge is 0.397 e. The van der Waals surface area contributed by atoms with Crippen LogP contribution in [0, 0.1) is 0 Å². The number of carbonyl (C=O) groups excluding carboxylic acids is 5. The van der Waals surface area contributed by atoms with Crippen molar-refractivity contribution in [3.05, 3.63) is 60.0 Å². The highest BCUT2D eigenvalue weighted by atomic mass is 16.2. The number of hydrogen-bond acceptors (Lipinski definition) is 9. The van der Waals surface area contributed by atoms with Crippen LogP contribution in [0.15, 0.2) is 36.9 Å². The number of nitrogen functional groups attached to an aromatic ring is 1. The number of aromatic nitrogens is 6. The number of imidazole rings is 2. The van der Waals surface area contributed by atoms with Gasteiger partial charge in [-0.3, -0.25) is 19.2 Å². The normalized spacial score (nSPS) is 11.6. The van der Waals surface area contributed by atoms with Gasteiger partial charge in [0.05, 0.1) is 17.4 Å². The monoisotopic (exact) mass is 592 g/mol. The molecule has 0 unspecified atom stereocenters. The summed E-state index contributed by atoms with van der Waals surface area (Å²) in [6.45, 7) is 0.177. The fourth-order valence-corrected chi connectivity index (χ4v) is 4.20. The third-order valence-electron chi connectivity index (χ3n) is 6.33. The van der Waals surface area contributed by atoms with Crippen LogP contribution in [0.2, 0.25) is 0 Å². The summed E-state index contributed by atoms with van der Waals surface area (Å²) in [4.78, 5) is 69.9. The van der Waals surface area contributed by atoms with Crippen molar-refractivity contribution in [2.75, 3.05) is 28.2 Å². The van der Waals surface area contributed by atoms with Crippen LogP contribution in [0.5, 0.6) is 0 Å². The number of amides is 4. The van der Waals surface area contributed by atoms with Crippen molar-refractivity contribution in [1.82, 2.24) is 33.6 Å². The van der Waals surface area contributed by atoms with Gasteiger partial charge in [-0.05, 0) is 18.6 Å². The van der Waals surface area contributed by atoms with Crippen molar-refractivity contribution < 1.29 is 24.0 Å².